The maximum Gasteiger partial charge on any atom is 0.227 e. The fourth-order valence-corrected chi connectivity index (χ4v) is 2.20. The number of carbonyl (C=O) groups excluding carboxylic acids is 1. The highest BCUT2D eigenvalue weighted by Crippen LogP contribution is 2.09. The summed E-state index contributed by atoms with van der Waals surface area (Å²) in [5.74, 6) is 0.0706. The Kier molecular flexibility index (Phi) is 4.89. The van der Waals surface area contributed by atoms with Gasteiger partial charge in [0, 0.05) is 6.04 Å². The zero-order chi connectivity index (χ0) is 12.1. The van der Waals surface area contributed by atoms with Gasteiger partial charge in [0.25, 0.3) is 0 Å². The molecule has 0 spiro atoms. The third kappa shape index (κ3) is 3.90. The Morgan fingerprint density at radius 3 is 2.75 bits per heavy atom. The monoisotopic (exact) mass is 256 g/mol. The van der Waals surface area contributed by atoms with Gasteiger partial charge in [-0.25, -0.2) is 0 Å². The summed E-state index contributed by atoms with van der Waals surface area (Å²) in [4.78, 5) is 14.1. The highest BCUT2D eigenvalue weighted by Gasteiger charge is 2.17. The van der Waals surface area contributed by atoms with E-state index < -0.39 is 0 Å². The molecule has 0 saturated carbocycles. The number of thiocarbonyl (C=S) groups is 1. The molecule has 0 aliphatic rings. The lowest BCUT2D eigenvalue weighted by molar-refractivity contribution is -0.131. The van der Waals surface area contributed by atoms with Gasteiger partial charge in [0.1, 0.15) is 0 Å². The van der Waals surface area contributed by atoms with Crippen molar-refractivity contribution in [2.45, 2.75) is 26.3 Å². The molecule has 1 amide bonds. The van der Waals surface area contributed by atoms with E-state index >= 15 is 0 Å². The summed E-state index contributed by atoms with van der Waals surface area (Å²) >= 11 is 6.44. The second kappa shape index (κ2) is 5.96. The molecule has 0 atom stereocenters. The standard InChI is InChI=1S/C11H16N2OS2/c1-8(2)13(6-10(12)15)11(14)5-9-3-4-16-7-9/h3-4,7-8H,5-6H2,1-2H3,(H2,12,15). The van der Waals surface area contributed by atoms with E-state index in [1.54, 1.807) is 16.2 Å². The number of carbonyl (C=O) groups is 1. The molecule has 0 radical (unpaired) electrons. The summed E-state index contributed by atoms with van der Waals surface area (Å²) in [6, 6.07) is 2.08. The minimum absolute atomic E-state index is 0.0706. The Labute approximate surface area is 105 Å². The zero-order valence-electron chi connectivity index (χ0n) is 9.47. The van der Waals surface area contributed by atoms with Crippen molar-refractivity contribution in [1.29, 1.82) is 0 Å². The van der Waals surface area contributed by atoms with Gasteiger partial charge in [0.2, 0.25) is 5.91 Å². The molecule has 16 heavy (non-hydrogen) atoms. The third-order valence-corrected chi connectivity index (χ3v) is 3.07. The van der Waals surface area contributed by atoms with Crippen molar-refractivity contribution >= 4 is 34.5 Å². The molecule has 0 fully saturated rings. The van der Waals surface area contributed by atoms with E-state index in [0.717, 1.165) is 5.56 Å². The van der Waals surface area contributed by atoms with Crippen LogP contribution in [0, 0.1) is 0 Å². The number of hydrogen-bond acceptors (Lipinski definition) is 3. The normalized spacial score (nSPS) is 10.4. The summed E-state index contributed by atoms with van der Waals surface area (Å²) in [5, 5.41) is 3.95. The van der Waals surface area contributed by atoms with Crippen molar-refractivity contribution in [3.8, 4) is 0 Å². The van der Waals surface area contributed by atoms with E-state index in [2.05, 4.69) is 0 Å². The first-order chi connectivity index (χ1) is 7.50. The van der Waals surface area contributed by atoms with Crippen LogP contribution >= 0.6 is 23.6 Å². The molecule has 1 aromatic heterocycles. The van der Waals surface area contributed by atoms with Crippen molar-refractivity contribution < 1.29 is 4.79 Å². The number of nitrogens with zero attached hydrogens (tertiary/aromatic N) is 1. The van der Waals surface area contributed by atoms with Gasteiger partial charge in [-0.15, -0.1) is 0 Å². The fraction of sp³-hybridized carbons (Fsp3) is 0.455. The molecule has 0 saturated heterocycles. The minimum Gasteiger partial charge on any atom is -0.392 e. The molecule has 2 N–H and O–H groups in total. The van der Waals surface area contributed by atoms with Crippen LogP contribution in [0.5, 0.6) is 0 Å². The van der Waals surface area contributed by atoms with Crippen molar-refractivity contribution in [3.05, 3.63) is 22.4 Å². The highest BCUT2D eigenvalue weighted by molar-refractivity contribution is 7.80. The van der Waals surface area contributed by atoms with Gasteiger partial charge in [-0.3, -0.25) is 4.79 Å². The van der Waals surface area contributed by atoms with Crippen LogP contribution in [-0.2, 0) is 11.2 Å². The van der Waals surface area contributed by atoms with Crippen LogP contribution in [0.25, 0.3) is 0 Å². The molecule has 1 aromatic rings. The molecule has 0 aromatic carbocycles. The van der Waals surface area contributed by atoms with E-state index in [9.17, 15) is 4.79 Å². The van der Waals surface area contributed by atoms with Crippen LogP contribution in [0.15, 0.2) is 16.8 Å². The van der Waals surface area contributed by atoms with E-state index in [-0.39, 0.29) is 11.9 Å². The van der Waals surface area contributed by atoms with Gasteiger partial charge in [-0.1, -0.05) is 12.2 Å². The van der Waals surface area contributed by atoms with Crippen LogP contribution in [-0.4, -0.2) is 28.4 Å². The van der Waals surface area contributed by atoms with E-state index in [4.69, 9.17) is 18.0 Å². The number of amides is 1. The molecule has 1 heterocycles. The predicted molar refractivity (Wildman–Crippen MR) is 71.7 cm³/mol. The summed E-state index contributed by atoms with van der Waals surface area (Å²) in [6.45, 7) is 4.28. The SMILES string of the molecule is CC(C)N(CC(N)=S)C(=O)Cc1ccsc1. The predicted octanol–water partition coefficient (Wildman–Crippen LogP) is 1.81. The Hall–Kier alpha value is -0.940. The lowest BCUT2D eigenvalue weighted by atomic mass is 10.2. The average molecular weight is 256 g/mol. The first kappa shape index (κ1) is 13.1. The molecule has 0 aliphatic heterocycles. The van der Waals surface area contributed by atoms with Crippen molar-refractivity contribution in [1.82, 2.24) is 4.90 Å². The summed E-state index contributed by atoms with van der Waals surface area (Å²) < 4.78 is 0. The van der Waals surface area contributed by atoms with Crippen molar-refractivity contribution in [2.75, 3.05) is 6.54 Å². The van der Waals surface area contributed by atoms with Crippen LogP contribution in [0.1, 0.15) is 19.4 Å². The van der Waals surface area contributed by atoms with E-state index in [1.807, 2.05) is 30.7 Å². The van der Waals surface area contributed by atoms with Gasteiger partial charge < -0.3 is 10.6 Å². The summed E-state index contributed by atoms with van der Waals surface area (Å²) in [6.07, 6.45) is 0.421. The minimum atomic E-state index is 0.0706. The Morgan fingerprint density at radius 2 is 2.31 bits per heavy atom. The zero-order valence-corrected chi connectivity index (χ0v) is 11.1. The third-order valence-electron chi connectivity index (χ3n) is 2.21. The van der Waals surface area contributed by atoms with Crippen molar-refractivity contribution in [3.63, 3.8) is 0 Å². The molecule has 0 bridgehead atoms. The fourth-order valence-electron chi connectivity index (χ4n) is 1.40. The number of nitrogens with two attached hydrogens (primary N) is 1. The van der Waals surface area contributed by atoms with Gasteiger partial charge in [0.05, 0.1) is 18.0 Å². The molecular weight excluding hydrogens is 240 g/mol. The lowest BCUT2D eigenvalue weighted by Gasteiger charge is -2.26. The average Bonchev–Trinajstić information content (AvgIpc) is 2.65. The maximum absolute atomic E-state index is 12.0. The van der Waals surface area contributed by atoms with Crippen LogP contribution in [0.4, 0.5) is 0 Å². The molecule has 0 aliphatic carbocycles. The topological polar surface area (TPSA) is 46.3 Å². The highest BCUT2D eigenvalue weighted by atomic mass is 32.1. The van der Waals surface area contributed by atoms with E-state index in [1.165, 1.54) is 0 Å². The lowest BCUT2D eigenvalue weighted by Crippen LogP contribution is -2.42. The molecular formula is C11H16N2OS2. The molecule has 3 nitrogen and oxygen atoms in total. The van der Waals surface area contributed by atoms with E-state index in [0.29, 0.717) is 18.0 Å². The van der Waals surface area contributed by atoms with Crippen LogP contribution in [0.2, 0.25) is 0 Å². The number of thiophene rings is 1. The van der Waals surface area contributed by atoms with Gasteiger partial charge in [-0.2, -0.15) is 11.3 Å². The van der Waals surface area contributed by atoms with Gasteiger partial charge in [-0.05, 0) is 36.2 Å². The second-order valence-electron chi connectivity index (χ2n) is 3.89. The van der Waals surface area contributed by atoms with Crippen LogP contribution < -0.4 is 5.73 Å². The first-order valence-electron chi connectivity index (χ1n) is 5.09. The number of hydrogen-bond donors (Lipinski definition) is 1. The Bertz CT molecular complexity index is 360. The second-order valence-corrected chi connectivity index (χ2v) is 5.19. The summed E-state index contributed by atoms with van der Waals surface area (Å²) in [7, 11) is 0. The molecule has 5 heteroatoms. The quantitative estimate of drug-likeness (QED) is 0.817. The van der Waals surface area contributed by atoms with Crippen LogP contribution in [0.3, 0.4) is 0 Å². The Balaban J connectivity index is 2.64. The number of rotatable bonds is 5. The molecule has 88 valence electrons. The smallest absolute Gasteiger partial charge is 0.227 e. The van der Waals surface area contributed by atoms with Crippen molar-refractivity contribution in [2.24, 2.45) is 5.73 Å². The molecule has 0 unspecified atom stereocenters. The van der Waals surface area contributed by atoms with Gasteiger partial charge in [0.15, 0.2) is 0 Å². The maximum atomic E-state index is 12.0. The van der Waals surface area contributed by atoms with Gasteiger partial charge >= 0.3 is 0 Å². The Morgan fingerprint density at radius 1 is 1.62 bits per heavy atom. The molecule has 1 rings (SSSR count). The summed E-state index contributed by atoms with van der Waals surface area (Å²) in [5.41, 5.74) is 6.53. The first-order valence-corrected chi connectivity index (χ1v) is 6.44. The largest absolute Gasteiger partial charge is 0.392 e.